The van der Waals surface area contributed by atoms with Gasteiger partial charge in [0.15, 0.2) is 0 Å². The van der Waals surface area contributed by atoms with Gasteiger partial charge in [-0.1, -0.05) is 28.1 Å². The molecule has 0 saturated carbocycles. The second-order valence-corrected chi connectivity index (χ2v) is 8.09. The second kappa shape index (κ2) is 7.99. The molecule has 1 atom stereocenters. The summed E-state index contributed by atoms with van der Waals surface area (Å²) >= 11 is 3.37. The first kappa shape index (κ1) is 19.4. The Morgan fingerprint density at radius 3 is 2.36 bits per heavy atom. The number of carbonyl (C=O) groups is 1. The molecular formula is C17H19BrN2O4S. The number of carbonyl (C=O) groups excluding carboxylic acids is 1. The Morgan fingerprint density at radius 1 is 1.16 bits per heavy atom. The van der Waals surface area contributed by atoms with Gasteiger partial charge in [0.05, 0.1) is 13.2 Å². The molecule has 25 heavy (non-hydrogen) atoms. The van der Waals surface area contributed by atoms with Crippen LogP contribution >= 0.6 is 15.9 Å². The molecule has 0 saturated heterocycles. The zero-order chi connectivity index (χ0) is 18.6. The number of methoxy groups -OCH3 is 1. The van der Waals surface area contributed by atoms with E-state index in [2.05, 4.69) is 26.0 Å². The fourth-order valence-electron chi connectivity index (χ4n) is 2.25. The molecule has 8 heteroatoms. The summed E-state index contributed by atoms with van der Waals surface area (Å²) in [6.07, 6.45) is 0. The molecule has 2 N–H and O–H groups in total. The van der Waals surface area contributed by atoms with Crippen LogP contribution in [0.4, 0.5) is 0 Å². The first-order chi connectivity index (χ1) is 11.8. The third kappa shape index (κ3) is 4.59. The van der Waals surface area contributed by atoms with Gasteiger partial charge >= 0.3 is 0 Å². The lowest BCUT2D eigenvalue weighted by Gasteiger charge is -2.16. The van der Waals surface area contributed by atoms with Crippen LogP contribution in [0.1, 0.15) is 28.9 Å². The number of amides is 1. The van der Waals surface area contributed by atoms with Crippen molar-refractivity contribution >= 4 is 31.9 Å². The standard InChI is InChI=1S/C17H19BrN2O4S/c1-11(12-4-7-14(18)8-5-12)20-17(21)13-6-9-15(24-3)16(10-13)25(22,23)19-2/h4-11,19H,1-3H3,(H,20,21). The summed E-state index contributed by atoms with van der Waals surface area (Å²) in [6.45, 7) is 1.86. The molecule has 0 aliphatic carbocycles. The molecule has 0 radical (unpaired) electrons. The lowest BCUT2D eigenvalue weighted by atomic mass is 10.1. The highest BCUT2D eigenvalue weighted by atomic mass is 79.9. The predicted octanol–water partition coefficient (Wildman–Crippen LogP) is 2.86. The summed E-state index contributed by atoms with van der Waals surface area (Å²) < 4.78 is 32.5. The van der Waals surface area contributed by atoms with E-state index in [4.69, 9.17) is 4.74 Å². The van der Waals surface area contributed by atoms with Gasteiger partial charge < -0.3 is 10.1 Å². The Hall–Kier alpha value is -1.90. The van der Waals surface area contributed by atoms with Crippen molar-refractivity contribution in [2.75, 3.05) is 14.2 Å². The molecule has 1 unspecified atom stereocenters. The maximum absolute atomic E-state index is 12.5. The van der Waals surface area contributed by atoms with Crippen molar-refractivity contribution < 1.29 is 17.9 Å². The summed E-state index contributed by atoms with van der Waals surface area (Å²) in [4.78, 5) is 12.4. The van der Waals surface area contributed by atoms with Crippen molar-refractivity contribution in [3.63, 3.8) is 0 Å². The number of hydrogen-bond acceptors (Lipinski definition) is 4. The minimum absolute atomic E-state index is 0.0820. The molecule has 2 aromatic rings. The smallest absolute Gasteiger partial charge is 0.251 e. The SMILES string of the molecule is CNS(=O)(=O)c1cc(C(=O)NC(C)c2ccc(Br)cc2)ccc1OC. The molecule has 0 aromatic heterocycles. The molecule has 2 aromatic carbocycles. The Bertz CT molecular complexity index is 867. The van der Waals surface area contributed by atoms with E-state index in [0.29, 0.717) is 0 Å². The lowest BCUT2D eigenvalue weighted by Crippen LogP contribution is -2.27. The molecule has 0 aliphatic rings. The number of hydrogen-bond donors (Lipinski definition) is 2. The van der Waals surface area contributed by atoms with E-state index < -0.39 is 10.0 Å². The molecule has 0 aliphatic heterocycles. The monoisotopic (exact) mass is 426 g/mol. The minimum Gasteiger partial charge on any atom is -0.495 e. The van der Waals surface area contributed by atoms with Crippen LogP contribution in [0.3, 0.4) is 0 Å². The van der Waals surface area contributed by atoms with E-state index in [9.17, 15) is 13.2 Å². The summed E-state index contributed by atoms with van der Waals surface area (Å²) in [5.41, 5.74) is 1.17. The zero-order valence-electron chi connectivity index (χ0n) is 14.0. The zero-order valence-corrected chi connectivity index (χ0v) is 16.4. The van der Waals surface area contributed by atoms with Crippen LogP contribution in [0.5, 0.6) is 5.75 Å². The maximum Gasteiger partial charge on any atom is 0.251 e. The highest BCUT2D eigenvalue weighted by Gasteiger charge is 2.21. The van der Waals surface area contributed by atoms with Gasteiger partial charge in [0.25, 0.3) is 5.91 Å². The highest BCUT2D eigenvalue weighted by molar-refractivity contribution is 9.10. The number of ether oxygens (including phenoxy) is 1. The summed E-state index contributed by atoms with van der Waals surface area (Å²) in [7, 11) is -1.07. The number of benzene rings is 2. The first-order valence-electron chi connectivity index (χ1n) is 7.46. The Balaban J connectivity index is 2.27. The average molecular weight is 427 g/mol. The lowest BCUT2D eigenvalue weighted by molar-refractivity contribution is 0.0939. The largest absolute Gasteiger partial charge is 0.495 e. The van der Waals surface area contributed by atoms with E-state index in [1.54, 1.807) is 0 Å². The first-order valence-corrected chi connectivity index (χ1v) is 9.74. The molecule has 1 amide bonds. The van der Waals surface area contributed by atoms with Crippen LogP contribution in [-0.4, -0.2) is 28.5 Å². The quantitative estimate of drug-likeness (QED) is 0.743. The van der Waals surface area contributed by atoms with Gasteiger partial charge in [0, 0.05) is 10.0 Å². The van der Waals surface area contributed by atoms with Gasteiger partial charge in [0.1, 0.15) is 10.6 Å². The molecule has 0 bridgehead atoms. The average Bonchev–Trinajstić information content (AvgIpc) is 2.61. The Kier molecular flexibility index (Phi) is 6.21. The van der Waals surface area contributed by atoms with Crippen molar-refractivity contribution in [1.29, 1.82) is 0 Å². The van der Waals surface area contributed by atoms with Gasteiger partial charge in [-0.25, -0.2) is 13.1 Å². The van der Waals surface area contributed by atoms with Crippen LogP contribution in [0.2, 0.25) is 0 Å². The molecule has 6 nitrogen and oxygen atoms in total. The van der Waals surface area contributed by atoms with Gasteiger partial charge in [-0.05, 0) is 49.9 Å². The van der Waals surface area contributed by atoms with Crippen molar-refractivity contribution in [3.05, 3.63) is 58.1 Å². The van der Waals surface area contributed by atoms with Crippen LogP contribution in [0, 0.1) is 0 Å². The van der Waals surface area contributed by atoms with E-state index in [1.165, 1.54) is 32.4 Å². The van der Waals surface area contributed by atoms with Gasteiger partial charge in [-0.15, -0.1) is 0 Å². The maximum atomic E-state index is 12.5. The number of sulfonamides is 1. The molecular weight excluding hydrogens is 408 g/mol. The van der Waals surface area contributed by atoms with Crippen molar-refractivity contribution in [3.8, 4) is 5.75 Å². The number of halogens is 1. The fraction of sp³-hybridized carbons (Fsp3) is 0.235. The molecule has 2 rings (SSSR count). The minimum atomic E-state index is -3.74. The van der Waals surface area contributed by atoms with Gasteiger partial charge in [0.2, 0.25) is 10.0 Å². The third-order valence-corrected chi connectivity index (χ3v) is 5.67. The Morgan fingerprint density at radius 2 is 1.80 bits per heavy atom. The molecule has 0 fully saturated rings. The normalized spacial score (nSPS) is 12.5. The van der Waals surface area contributed by atoms with E-state index in [1.807, 2.05) is 31.2 Å². The number of nitrogens with one attached hydrogen (secondary N) is 2. The van der Waals surface area contributed by atoms with Crippen LogP contribution < -0.4 is 14.8 Å². The fourth-order valence-corrected chi connectivity index (χ4v) is 3.44. The van der Waals surface area contributed by atoms with Crippen molar-refractivity contribution in [1.82, 2.24) is 10.0 Å². The van der Waals surface area contributed by atoms with Crippen LogP contribution in [0.15, 0.2) is 51.8 Å². The van der Waals surface area contributed by atoms with E-state index >= 15 is 0 Å². The second-order valence-electron chi connectivity index (χ2n) is 5.32. The highest BCUT2D eigenvalue weighted by Crippen LogP contribution is 2.25. The van der Waals surface area contributed by atoms with Gasteiger partial charge in [-0.3, -0.25) is 4.79 Å². The third-order valence-electron chi connectivity index (χ3n) is 3.70. The summed E-state index contributed by atoms with van der Waals surface area (Å²) in [5.74, 6) is -0.197. The van der Waals surface area contributed by atoms with E-state index in [0.717, 1.165) is 10.0 Å². The number of rotatable bonds is 6. The molecule has 0 heterocycles. The summed E-state index contributed by atoms with van der Waals surface area (Å²) in [5, 5.41) is 2.86. The Labute approximate surface area is 155 Å². The van der Waals surface area contributed by atoms with Gasteiger partial charge in [-0.2, -0.15) is 0 Å². The van der Waals surface area contributed by atoms with Crippen molar-refractivity contribution in [2.24, 2.45) is 0 Å². The van der Waals surface area contributed by atoms with E-state index in [-0.39, 0.29) is 28.2 Å². The van der Waals surface area contributed by atoms with Crippen molar-refractivity contribution in [2.45, 2.75) is 17.9 Å². The molecule has 0 spiro atoms. The summed E-state index contributed by atoms with van der Waals surface area (Å²) in [6, 6.07) is 11.6. The van der Waals surface area contributed by atoms with Crippen LogP contribution in [-0.2, 0) is 10.0 Å². The topological polar surface area (TPSA) is 84.5 Å². The predicted molar refractivity (Wildman–Crippen MR) is 99.3 cm³/mol. The van der Waals surface area contributed by atoms with Crippen LogP contribution in [0.25, 0.3) is 0 Å². The molecule has 134 valence electrons.